The van der Waals surface area contributed by atoms with Crippen molar-refractivity contribution in [1.82, 2.24) is 26.4 Å². The number of carbonyl (C=O) groups excluding carboxylic acids is 2. The SMILES string of the molecule is CN1NNN=C1NC(=O)c1ccc(OC(F)(F)F)c(NC(=O)c2ncccc2F)c1Cl. The van der Waals surface area contributed by atoms with Crippen molar-refractivity contribution in [3.63, 3.8) is 0 Å². The van der Waals surface area contributed by atoms with Gasteiger partial charge in [0.2, 0.25) is 5.96 Å². The predicted octanol–water partition coefficient (Wildman–Crippen LogP) is 1.98. The largest absolute Gasteiger partial charge is 0.573 e. The van der Waals surface area contributed by atoms with E-state index in [4.69, 9.17) is 11.6 Å². The Kier molecular flexibility index (Phi) is 6.12. The summed E-state index contributed by atoms with van der Waals surface area (Å²) >= 11 is 6.11. The average Bonchev–Trinajstić information content (AvgIpc) is 3.08. The molecule has 10 nitrogen and oxygen atoms in total. The van der Waals surface area contributed by atoms with E-state index in [0.29, 0.717) is 0 Å². The summed E-state index contributed by atoms with van der Waals surface area (Å²) in [5, 5.41) is 8.78. The number of carbonyl (C=O) groups is 2. The molecular weight excluding hydrogens is 450 g/mol. The first-order valence-electron chi connectivity index (χ1n) is 8.20. The fraction of sp³-hybridized carbons (Fsp3) is 0.125. The number of halogens is 5. The van der Waals surface area contributed by atoms with Gasteiger partial charge in [-0.1, -0.05) is 11.6 Å². The van der Waals surface area contributed by atoms with Gasteiger partial charge in [-0.2, -0.15) is 0 Å². The predicted molar refractivity (Wildman–Crippen MR) is 99.2 cm³/mol. The molecule has 0 radical (unpaired) electrons. The van der Waals surface area contributed by atoms with Crippen LogP contribution in [0.5, 0.6) is 5.75 Å². The third kappa shape index (κ3) is 5.10. The Bertz CT molecular complexity index is 1060. The van der Waals surface area contributed by atoms with E-state index in [2.05, 4.69) is 31.2 Å². The molecule has 0 spiro atoms. The van der Waals surface area contributed by atoms with E-state index in [1.165, 1.54) is 18.1 Å². The quantitative estimate of drug-likeness (QED) is 0.514. The van der Waals surface area contributed by atoms with Gasteiger partial charge in [0, 0.05) is 13.2 Å². The Hall–Kier alpha value is -3.65. The molecule has 2 amide bonds. The summed E-state index contributed by atoms with van der Waals surface area (Å²) in [5.74, 6) is -3.99. The summed E-state index contributed by atoms with van der Waals surface area (Å²) in [4.78, 5) is 28.4. The van der Waals surface area contributed by atoms with Gasteiger partial charge in [-0.3, -0.25) is 19.9 Å². The first kappa shape index (κ1) is 22.0. The van der Waals surface area contributed by atoms with Crippen LogP contribution >= 0.6 is 11.6 Å². The lowest BCUT2D eigenvalue weighted by Crippen LogP contribution is -2.45. The number of hydrogen-bond donors (Lipinski definition) is 4. The summed E-state index contributed by atoms with van der Waals surface area (Å²) in [6.07, 6.45) is -4.03. The molecule has 1 aliphatic heterocycles. The van der Waals surface area contributed by atoms with Crippen molar-refractivity contribution < 1.29 is 31.9 Å². The Labute approximate surface area is 176 Å². The van der Waals surface area contributed by atoms with Gasteiger partial charge in [0.25, 0.3) is 11.8 Å². The van der Waals surface area contributed by atoms with Gasteiger partial charge in [-0.25, -0.2) is 14.9 Å². The Balaban J connectivity index is 1.97. The molecule has 2 heterocycles. The summed E-state index contributed by atoms with van der Waals surface area (Å²) in [7, 11) is 1.51. The Morgan fingerprint density at radius 2 is 1.94 bits per heavy atom. The fourth-order valence-electron chi connectivity index (χ4n) is 2.35. The maximum atomic E-state index is 13.8. The smallest absolute Gasteiger partial charge is 0.404 e. The molecule has 4 N–H and O–H groups in total. The van der Waals surface area contributed by atoms with E-state index >= 15 is 0 Å². The number of nitrogens with zero attached hydrogens (tertiary/aromatic N) is 3. The number of hydrazone groups is 1. The van der Waals surface area contributed by atoms with Crippen molar-refractivity contribution in [2.45, 2.75) is 6.36 Å². The van der Waals surface area contributed by atoms with Gasteiger partial charge in [-0.15, -0.1) is 23.8 Å². The van der Waals surface area contributed by atoms with Crippen LogP contribution in [0.15, 0.2) is 35.6 Å². The molecule has 1 aromatic heterocycles. The van der Waals surface area contributed by atoms with Crippen LogP contribution in [0.3, 0.4) is 0 Å². The number of hydrogen-bond acceptors (Lipinski definition) is 8. The van der Waals surface area contributed by atoms with Crippen LogP contribution < -0.4 is 26.4 Å². The Morgan fingerprint density at radius 3 is 2.55 bits per heavy atom. The number of aromatic nitrogens is 1. The second kappa shape index (κ2) is 8.61. The van der Waals surface area contributed by atoms with Crippen LogP contribution in [-0.4, -0.2) is 41.2 Å². The number of amides is 2. The van der Waals surface area contributed by atoms with E-state index in [-0.39, 0.29) is 11.5 Å². The van der Waals surface area contributed by atoms with Crippen molar-refractivity contribution in [2.24, 2.45) is 5.10 Å². The lowest BCUT2D eigenvalue weighted by Gasteiger charge is -2.18. The lowest BCUT2D eigenvalue weighted by molar-refractivity contribution is -0.274. The normalized spacial score (nSPS) is 13.4. The summed E-state index contributed by atoms with van der Waals surface area (Å²) in [5.41, 5.74) is 3.15. The zero-order valence-electron chi connectivity index (χ0n) is 15.3. The minimum absolute atomic E-state index is 0.0258. The summed E-state index contributed by atoms with van der Waals surface area (Å²) < 4.78 is 56.1. The minimum atomic E-state index is -5.14. The molecule has 2 aromatic rings. The third-order valence-electron chi connectivity index (χ3n) is 3.71. The molecular formula is C16H12ClF4N7O3. The van der Waals surface area contributed by atoms with Crippen molar-refractivity contribution >= 4 is 35.1 Å². The van der Waals surface area contributed by atoms with E-state index in [9.17, 15) is 27.2 Å². The number of alkyl halides is 3. The van der Waals surface area contributed by atoms with Gasteiger partial charge >= 0.3 is 6.36 Å². The van der Waals surface area contributed by atoms with Crippen LogP contribution in [0.4, 0.5) is 23.2 Å². The molecule has 1 aliphatic rings. The molecule has 0 fully saturated rings. The van der Waals surface area contributed by atoms with Crippen LogP contribution in [-0.2, 0) is 0 Å². The fourth-order valence-corrected chi connectivity index (χ4v) is 2.64. The third-order valence-corrected chi connectivity index (χ3v) is 4.10. The molecule has 0 saturated carbocycles. The van der Waals surface area contributed by atoms with Crippen LogP contribution in [0, 0.1) is 5.82 Å². The van der Waals surface area contributed by atoms with Crippen LogP contribution in [0.1, 0.15) is 20.8 Å². The number of pyridine rings is 1. The number of hydrazine groups is 2. The van der Waals surface area contributed by atoms with Crippen LogP contribution in [0.25, 0.3) is 0 Å². The zero-order valence-corrected chi connectivity index (χ0v) is 16.1. The number of anilines is 1. The van der Waals surface area contributed by atoms with Gasteiger partial charge < -0.3 is 10.1 Å². The number of ether oxygens (including phenoxy) is 1. The van der Waals surface area contributed by atoms with Crippen LogP contribution in [0.2, 0.25) is 5.02 Å². The molecule has 3 rings (SSSR count). The monoisotopic (exact) mass is 461 g/mol. The molecule has 164 valence electrons. The zero-order chi connectivity index (χ0) is 22.8. The first-order chi connectivity index (χ1) is 14.6. The summed E-state index contributed by atoms with van der Waals surface area (Å²) in [6.45, 7) is 0. The highest BCUT2D eigenvalue weighted by atomic mass is 35.5. The molecule has 0 unspecified atom stereocenters. The minimum Gasteiger partial charge on any atom is -0.404 e. The van der Waals surface area contributed by atoms with Crippen molar-refractivity contribution in [1.29, 1.82) is 0 Å². The topological polar surface area (TPSA) is 120 Å². The number of rotatable bonds is 4. The first-order valence-corrected chi connectivity index (χ1v) is 8.58. The van der Waals surface area contributed by atoms with Gasteiger partial charge in [0.05, 0.1) is 10.6 Å². The van der Waals surface area contributed by atoms with E-state index in [1.54, 1.807) is 0 Å². The summed E-state index contributed by atoms with van der Waals surface area (Å²) in [6, 6.07) is 3.87. The Morgan fingerprint density at radius 1 is 1.19 bits per heavy atom. The molecule has 0 saturated heterocycles. The molecule has 0 atom stereocenters. The van der Waals surface area contributed by atoms with E-state index in [1.807, 2.05) is 5.32 Å². The highest BCUT2D eigenvalue weighted by molar-refractivity contribution is 6.37. The van der Waals surface area contributed by atoms with E-state index in [0.717, 1.165) is 24.4 Å². The van der Waals surface area contributed by atoms with Crippen molar-refractivity contribution in [2.75, 3.05) is 12.4 Å². The average molecular weight is 462 g/mol. The molecule has 0 bridgehead atoms. The standard InChI is InChI=1S/C16H12ClF4N7O3/c1-28-15(25-26-27-28)24-13(29)7-4-5-9(31-16(19,20)21)12(10(7)17)23-14(30)11-8(18)3-2-6-22-11/h2-6,26-27H,1H3,(H,23,30)(H,24,25,29). The van der Waals surface area contributed by atoms with Crippen molar-refractivity contribution in [3.8, 4) is 5.75 Å². The van der Waals surface area contributed by atoms with Gasteiger partial charge in [-0.05, 0) is 24.3 Å². The van der Waals surface area contributed by atoms with Gasteiger partial charge in [0.1, 0.15) is 5.69 Å². The van der Waals surface area contributed by atoms with Crippen molar-refractivity contribution in [3.05, 3.63) is 52.6 Å². The van der Waals surface area contributed by atoms with E-state index < -0.39 is 46.1 Å². The maximum Gasteiger partial charge on any atom is 0.573 e. The lowest BCUT2D eigenvalue weighted by atomic mass is 10.1. The second-order valence-electron chi connectivity index (χ2n) is 5.81. The van der Waals surface area contributed by atoms with Gasteiger partial charge in [0.15, 0.2) is 17.3 Å². The highest BCUT2D eigenvalue weighted by Gasteiger charge is 2.34. The molecule has 0 aliphatic carbocycles. The second-order valence-corrected chi connectivity index (χ2v) is 6.19. The number of benzene rings is 1. The number of guanidine groups is 1. The highest BCUT2D eigenvalue weighted by Crippen LogP contribution is 2.38. The molecule has 15 heteroatoms. The molecule has 1 aromatic carbocycles. The number of nitrogens with one attached hydrogen (secondary N) is 4. The molecule has 31 heavy (non-hydrogen) atoms. The maximum absolute atomic E-state index is 13.8.